The zero-order valence-electron chi connectivity index (χ0n) is 15.6. The maximum atomic E-state index is 12.6. The van der Waals surface area contributed by atoms with Crippen molar-refractivity contribution in [3.05, 3.63) is 17.6 Å². The van der Waals surface area contributed by atoms with Crippen molar-refractivity contribution < 1.29 is 8.42 Å². The number of hydrogen-bond donors (Lipinski definition) is 2. The monoisotopic (exact) mass is 370 g/mol. The summed E-state index contributed by atoms with van der Waals surface area (Å²) in [6, 6.07) is 1.96. The summed E-state index contributed by atoms with van der Waals surface area (Å²) in [6.07, 6.45) is 2.20. The minimum Gasteiger partial charge on any atom is -0.373 e. The lowest BCUT2D eigenvalue weighted by molar-refractivity contribution is 0.370. The first-order valence-corrected chi connectivity index (χ1v) is 10.3. The van der Waals surface area contributed by atoms with Gasteiger partial charge in [0.05, 0.1) is 12.2 Å². The van der Waals surface area contributed by atoms with Gasteiger partial charge in [-0.25, -0.2) is 9.97 Å². The smallest absolute Gasteiger partial charge is 0.282 e. The van der Waals surface area contributed by atoms with Gasteiger partial charge in [0.15, 0.2) is 0 Å². The molecule has 1 fully saturated rings. The van der Waals surface area contributed by atoms with Crippen LogP contribution >= 0.6 is 0 Å². The Labute approximate surface area is 151 Å². The minimum atomic E-state index is -3.50. The Morgan fingerprint density at radius 2 is 2.04 bits per heavy atom. The third kappa shape index (κ3) is 4.87. The molecule has 1 aliphatic heterocycles. The fourth-order valence-corrected chi connectivity index (χ4v) is 4.38. The van der Waals surface area contributed by atoms with Gasteiger partial charge in [0.1, 0.15) is 11.6 Å². The maximum absolute atomic E-state index is 12.6. The summed E-state index contributed by atoms with van der Waals surface area (Å²) >= 11 is 0. The van der Waals surface area contributed by atoms with E-state index in [9.17, 15) is 8.42 Å². The highest BCUT2D eigenvalue weighted by atomic mass is 32.2. The van der Waals surface area contributed by atoms with Gasteiger partial charge in [-0.15, -0.1) is 0 Å². The fourth-order valence-electron chi connectivity index (χ4n) is 3.06. The van der Waals surface area contributed by atoms with Crippen LogP contribution in [-0.2, 0) is 16.8 Å². The van der Waals surface area contributed by atoms with Crippen LogP contribution < -0.4 is 10.6 Å². The standard InChI is InChI=1S/C16H30N6O2S/c1-5-22(6-2)25(23,24)21(4)12-16-19-14(10-15(17-3)20-16)13-8-7-9-18-11-13/h10,13,18H,5-9,11-12H2,1-4H3,(H,17,19,20)/t13-/m1/s1. The Hall–Kier alpha value is -1.29. The second-order valence-electron chi connectivity index (χ2n) is 6.24. The molecular formula is C16H30N6O2S. The first-order valence-electron chi connectivity index (χ1n) is 8.90. The van der Waals surface area contributed by atoms with E-state index in [1.807, 2.05) is 27.0 Å². The van der Waals surface area contributed by atoms with Crippen molar-refractivity contribution in [1.29, 1.82) is 0 Å². The highest BCUT2D eigenvalue weighted by Crippen LogP contribution is 2.23. The van der Waals surface area contributed by atoms with E-state index in [0.717, 1.165) is 37.4 Å². The van der Waals surface area contributed by atoms with Crippen LogP contribution in [0.5, 0.6) is 0 Å². The molecule has 142 valence electrons. The van der Waals surface area contributed by atoms with Gasteiger partial charge in [-0.05, 0) is 19.4 Å². The number of aromatic nitrogens is 2. The summed E-state index contributed by atoms with van der Waals surface area (Å²) in [5.74, 6) is 1.58. The molecule has 1 atom stereocenters. The van der Waals surface area contributed by atoms with Gasteiger partial charge in [-0.3, -0.25) is 0 Å². The van der Waals surface area contributed by atoms with E-state index in [0.29, 0.717) is 24.8 Å². The first kappa shape index (κ1) is 20.0. The van der Waals surface area contributed by atoms with Gasteiger partial charge in [-0.1, -0.05) is 13.8 Å². The number of nitrogens with zero attached hydrogens (tertiary/aromatic N) is 4. The molecule has 0 aliphatic carbocycles. The second-order valence-corrected chi connectivity index (χ2v) is 8.27. The lowest BCUT2D eigenvalue weighted by Gasteiger charge is -2.26. The molecule has 0 spiro atoms. The lowest BCUT2D eigenvalue weighted by Crippen LogP contribution is -2.41. The zero-order valence-corrected chi connectivity index (χ0v) is 16.4. The number of hydrogen-bond acceptors (Lipinski definition) is 6. The second kappa shape index (κ2) is 8.88. The molecule has 1 aliphatic rings. The molecule has 2 heterocycles. The molecule has 0 unspecified atom stereocenters. The third-order valence-electron chi connectivity index (χ3n) is 4.55. The SMILES string of the molecule is CCN(CC)S(=O)(=O)N(C)Cc1nc(NC)cc([C@@H]2CCCNC2)n1. The number of nitrogens with one attached hydrogen (secondary N) is 2. The molecule has 2 N–H and O–H groups in total. The predicted molar refractivity (Wildman–Crippen MR) is 99.7 cm³/mol. The van der Waals surface area contributed by atoms with E-state index >= 15 is 0 Å². The average Bonchev–Trinajstić information content (AvgIpc) is 2.62. The normalized spacial score (nSPS) is 18.7. The van der Waals surface area contributed by atoms with Crippen molar-refractivity contribution in [2.24, 2.45) is 0 Å². The maximum Gasteiger partial charge on any atom is 0.282 e. The summed E-state index contributed by atoms with van der Waals surface area (Å²) < 4.78 is 28.0. The Kier molecular flexibility index (Phi) is 7.12. The van der Waals surface area contributed by atoms with E-state index < -0.39 is 10.2 Å². The molecule has 1 saturated heterocycles. The van der Waals surface area contributed by atoms with Gasteiger partial charge in [0.25, 0.3) is 10.2 Å². The van der Waals surface area contributed by atoms with E-state index in [2.05, 4.69) is 20.6 Å². The molecule has 2 rings (SSSR count). The lowest BCUT2D eigenvalue weighted by atomic mass is 9.96. The predicted octanol–water partition coefficient (Wildman–Crippen LogP) is 1.00. The summed E-state index contributed by atoms with van der Waals surface area (Å²) in [5.41, 5.74) is 0.968. The van der Waals surface area contributed by atoms with Gasteiger partial charge in [0.2, 0.25) is 0 Å². The van der Waals surface area contributed by atoms with Crippen molar-refractivity contribution >= 4 is 16.0 Å². The van der Waals surface area contributed by atoms with Crippen LogP contribution in [0.4, 0.5) is 5.82 Å². The van der Waals surface area contributed by atoms with Gasteiger partial charge < -0.3 is 10.6 Å². The topological polar surface area (TPSA) is 90.5 Å². The van der Waals surface area contributed by atoms with Crippen molar-refractivity contribution in [1.82, 2.24) is 23.9 Å². The Morgan fingerprint density at radius 1 is 1.32 bits per heavy atom. The van der Waals surface area contributed by atoms with Gasteiger partial charge in [-0.2, -0.15) is 17.0 Å². The van der Waals surface area contributed by atoms with Crippen molar-refractivity contribution in [3.63, 3.8) is 0 Å². The highest BCUT2D eigenvalue weighted by molar-refractivity contribution is 7.86. The summed E-state index contributed by atoms with van der Waals surface area (Å²) in [7, 11) is -0.118. The van der Waals surface area contributed by atoms with Crippen molar-refractivity contribution in [2.45, 2.75) is 39.2 Å². The molecule has 0 aromatic carbocycles. The number of rotatable bonds is 8. The fraction of sp³-hybridized carbons (Fsp3) is 0.750. The van der Waals surface area contributed by atoms with E-state index in [1.165, 1.54) is 8.61 Å². The molecule has 8 nitrogen and oxygen atoms in total. The Morgan fingerprint density at radius 3 is 2.60 bits per heavy atom. The van der Waals surface area contributed by atoms with E-state index in [1.54, 1.807) is 7.05 Å². The third-order valence-corrected chi connectivity index (χ3v) is 6.64. The quantitative estimate of drug-likeness (QED) is 0.710. The summed E-state index contributed by atoms with van der Waals surface area (Å²) in [5, 5.41) is 6.45. The zero-order chi connectivity index (χ0) is 18.4. The van der Waals surface area contributed by atoms with Crippen LogP contribution in [0.25, 0.3) is 0 Å². The first-order chi connectivity index (χ1) is 11.9. The Bertz CT molecular complexity index is 657. The average molecular weight is 371 g/mol. The van der Waals surface area contributed by atoms with E-state index in [4.69, 9.17) is 0 Å². The molecule has 0 bridgehead atoms. The van der Waals surface area contributed by atoms with Crippen LogP contribution in [0.2, 0.25) is 0 Å². The molecular weight excluding hydrogens is 340 g/mol. The minimum absolute atomic E-state index is 0.154. The van der Waals surface area contributed by atoms with Crippen LogP contribution in [0.3, 0.4) is 0 Å². The molecule has 1 aromatic rings. The largest absolute Gasteiger partial charge is 0.373 e. The summed E-state index contributed by atoms with van der Waals surface area (Å²) in [4.78, 5) is 9.10. The van der Waals surface area contributed by atoms with E-state index in [-0.39, 0.29) is 6.54 Å². The molecule has 0 amide bonds. The van der Waals surface area contributed by atoms with Crippen LogP contribution in [0, 0.1) is 0 Å². The van der Waals surface area contributed by atoms with Crippen LogP contribution in [0.1, 0.15) is 44.1 Å². The molecule has 1 aromatic heterocycles. The van der Waals surface area contributed by atoms with Gasteiger partial charge >= 0.3 is 0 Å². The van der Waals surface area contributed by atoms with Gasteiger partial charge in [0, 0.05) is 45.7 Å². The molecule has 9 heteroatoms. The Balaban J connectivity index is 2.23. The molecule has 0 radical (unpaired) electrons. The van der Waals surface area contributed by atoms with Crippen molar-refractivity contribution in [3.8, 4) is 0 Å². The highest BCUT2D eigenvalue weighted by Gasteiger charge is 2.26. The summed E-state index contributed by atoms with van der Waals surface area (Å²) in [6.45, 7) is 6.65. The molecule has 25 heavy (non-hydrogen) atoms. The van der Waals surface area contributed by atoms with Crippen LogP contribution in [0.15, 0.2) is 6.07 Å². The number of anilines is 1. The molecule has 0 saturated carbocycles. The van der Waals surface area contributed by atoms with Crippen molar-refractivity contribution in [2.75, 3.05) is 45.6 Å². The van der Waals surface area contributed by atoms with Crippen LogP contribution in [-0.4, -0.2) is 67.3 Å². The number of piperidine rings is 1.